The Morgan fingerprint density at radius 1 is 1.33 bits per heavy atom. The maximum atomic E-state index is 12.9. The molecule has 2 N–H and O–H groups in total. The third-order valence-electron chi connectivity index (χ3n) is 2.48. The molecule has 0 fully saturated rings. The van der Waals surface area contributed by atoms with Crippen LogP contribution >= 0.6 is 11.3 Å². The van der Waals surface area contributed by atoms with Crippen molar-refractivity contribution in [2.75, 3.05) is 0 Å². The monoisotopic (exact) mass is 306 g/mol. The molecule has 0 saturated heterocycles. The molecule has 1 aromatic carbocycles. The highest BCUT2D eigenvalue weighted by Crippen LogP contribution is 2.18. The van der Waals surface area contributed by atoms with Crippen molar-refractivity contribution in [1.29, 1.82) is 0 Å². The number of primary amides is 1. The van der Waals surface area contributed by atoms with Gasteiger partial charge in [-0.1, -0.05) is 12.1 Å². The normalized spacial score (nSPS) is 12.2. The lowest BCUT2D eigenvalue weighted by molar-refractivity contribution is -0.150. The molecule has 0 spiro atoms. The van der Waals surface area contributed by atoms with Gasteiger partial charge in [0.2, 0.25) is 6.10 Å². The van der Waals surface area contributed by atoms with Crippen LogP contribution in [0.1, 0.15) is 16.7 Å². The number of carbonyl (C=O) groups excluding carboxylic acids is 2. The van der Waals surface area contributed by atoms with Gasteiger partial charge in [-0.25, -0.2) is 14.2 Å². The van der Waals surface area contributed by atoms with Crippen molar-refractivity contribution in [2.45, 2.75) is 6.10 Å². The Kier molecular flexibility index (Phi) is 4.78. The molecule has 1 aromatic heterocycles. The first-order valence-electron chi connectivity index (χ1n) is 5.89. The van der Waals surface area contributed by atoms with Gasteiger partial charge in [0.1, 0.15) is 10.8 Å². The van der Waals surface area contributed by atoms with E-state index in [9.17, 15) is 14.0 Å². The summed E-state index contributed by atoms with van der Waals surface area (Å²) in [6.07, 6.45) is 2.95. The molecule has 108 valence electrons. The van der Waals surface area contributed by atoms with Crippen molar-refractivity contribution >= 4 is 29.3 Å². The fourth-order valence-corrected chi connectivity index (χ4v) is 2.07. The standard InChI is InChI=1S/C14H11FN2O3S/c15-10-3-1-9(2-4-10)13(14(16)19)20-12(18)6-5-11-17-7-8-21-11/h1-8,13H,(H2,16,19)/b6-5+. The molecule has 21 heavy (non-hydrogen) atoms. The minimum Gasteiger partial charge on any atom is -0.444 e. The van der Waals surface area contributed by atoms with Gasteiger partial charge in [-0.05, 0) is 18.2 Å². The second-order valence-corrected chi connectivity index (χ2v) is 4.90. The number of hydrogen-bond donors (Lipinski definition) is 1. The van der Waals surface area contributed by atoms with E-state index in [4.69, 9.17) is 10.5 Å². The summed E-state index contributed by atoms with van der Waals surface area (Å²) >= 11 is 1.35. The van der Waals surface area contributed by atoms with Crippen molar-refractivity contribution in [3.05, 3.63) is 58.3 Å². The topological polar surface area (TPSA) is 82.3 Å². The number of amides is 1. The maximum Gasteiger partial charge on any atom is 0.331 e. The summed E-state index contributed by atoms with van der Waals surface area (Å²) in [6.45, 7) is 0. The zero-order chi connectivity index (χ0) is 15.2. The number of hydrogen-bond acceptors (Lipinski definition) is 5. The third-order valence-corrected chi connectivity index (χ3v) is 3.22. The fraction of sp³-hybridized carbons (Fsp3) is 0.0714. The van der Waals surface area contributed by atoms with Crippen LogP contribution in [-0.2, 0) is 14.3 Å². The number of nitrogens with zero attached hydrogens (tertiary/aromatic N) is 1. The van der Waals surface area contributed by atoms with Crippen LogP contribution in [-0.4, -0.2) is 16.9 Å². The second kappa shape index (κ2) is 6.76. The molecule has 1 atom stereocenters. The highest BCUT2D eigenvalue weighted by molar-refractivity contribution is 7.10. The molecule has 1 amide bonds. The molecular formula is C14H11FN2O3S. The lowest BCUT2D eigenvalue weighted by Gasteiger charge is -2.13. The fourth-order valence-electron chi connectivity index (χ4n) is 1.54. The molecule has 7 heteroatoms. The Bertz CT molecular complexity index is 653. The van der Waals surface area contributed by atoms with Gasteiger partial charge < -0.3 is 10.5 Å². The van der Waals surface area contributed by atoms with E-state index in [-0.39, 0.29) is 0 Å². The number of ether oxygens (including phenoxy) is 1. The average Bonchev–Trinajstić information content (AvgIpc) is 2.97. The summed E-state index contributed by atoms with van der Waals surface area (Å²) in [4.78, 5) is 27.0. The minimum absolute atomic E-state index is 0.305. The molecule has 5 nitrogen and oxygen atoms in total. The molecular weight excluding hydrogens is 295 g/mol. The van der Waals surface area contributed by atoms with Crippen LogP contribution in [0.2, 0.25) is 0 Å². The van der Waals surface area contributed by atoms with E-state index in [1.807, 2.05) is 0 Å². The van der Waals surface area contributed by atoms with E-state index in [2.05, 4.69) is 4.98 Å². The Labute approximate surface area is 123 Å². The summed E-state index contributed by atoms with van der Waals surface area (Å²) in [5.74, 6) is -2.03. The van der Waals surface area contributed by atoms with Crippen molar-refractivity contribution in [3.8, 4) is 0 Å². The van der Waals surface area contributed by atoms with Crippen LogP contribution < -0.4 is 5.73 Å². The summed E-state index contributed by atoms with van der Waals surface area (Å²) in [5.41, 5.74) is 5.51. The Morgan fingerprint density at radius 2 is 2.05 bits per heavy atom. The molecule has 1 heterocycles. The van der Waals surface area contributed by atoms with E-state index in [1.54, 1.807) is 11.6 Å². The van der Waals surface area contributed by atoms with Crippen LogP contribution in [0.25, 0.3) is 6.08 Å². The number of esters is 1. The molecule has 0 saturated carbocycles. The number of thiazole rings is 1. The first kappa shape index (κ1) is 14.9. The van der Waals surface area contributed by atoms with Gasteiger partial charge in [0.15, 0.2) is 0 Å². The molecule has 0 radical (unpaired) electrons. The molecule has 1 unspecified atom stereocenters. The summed E-state index contributed by atoms with van der Waals surface area (Å²) in [6, 6.07) is 4.99. The molecule has 0 aliphatic heterocycles. The summed E-state index contributed by atoms with van der Waals surface area (Å²) in [7, 11) is 0. The lowest BCUT2D eigenvalue weighted by atomic mass is 10.1. The first-order valence-corrected chi connectivity index (χ1v) is 6.77. The predicted octanol–water partition coefficient (Wildman–Crippen LogP) is 2.07. The predicted molar refractivity (Wildman–Crippen MR) is 75.6 cm³/mol. The van der Waals surface area contributed by atoms with E-state index in [0.29, 0.717) is 10.6 Å². The number of carbonyl (C=O) groups is 2. The quantitative estimate of drug-likeness (QED) is 0.677. The van der Waals surface area contributed by atoms with Crippen LogP contribution in [0, 0.1) is 5.82 Å². The van der Waals surface area contributed by atoms with Crippen LogP contribution in [0.4, 0.5) is 4.39 Å². The Morgan fingerprint density at radius 3 is 2.62 bits per heavy atom. The van der Waals surface area contributed by atoms with Gasteiger partial charge in [-0.2, -0.15) is 0 Å². The van der Waals surface area contributed by atoms with Gasteiger partial charge in [-0.3, -0.25) is 4.79 Å². The van der Waals surface area contributed by atoms with Crippen LogP contribution in [0.15, 0.2) is 41.9 Å². The molecule has 0 bridgehead atoms. The molecule has 0 aliphatic carbocycles. The van der Waals surface area contributed by atoms with Crippen molar-refractivity contribution in [2.24, 2.45) is 5.73 Å². The Hall–Kier alpha value is -2.54. The number of rotatable bonds is 5. The highest BCUT2D eigenvalue weighted by atomic mass is 32.1. The van der Waals surface area contributed by atoms with Crippen LogP contribution in [0.3, 0.4) is 0 Å². The van der Waals surface area contributed by atoms with E-state index in [0.717, 1.165) is 18.2 Å². The van der Waals surface area contributed by atoms with Gasteiger partial charge >= 0.3 is 5.97 Å². The van der Waals surface area contributed by atoms with E-state index >= 15 is 0 Å². The zero-order valence-corrected chi connectivity index (χ0v) is 11.5. The average molecular weight is 306 g/mol. The summed E-state index contributed by atoms with van der Waals surface area (Å²) in [5, 5.41) is 2.39. The Balaban J connectivity index is 2.08. The van der Waals surface area contributed by atoms with Gasteiger partial charge in [0, 0.05) is 23.2 Å². The van der Waals surface area contributed by atoms with Crippen LogP contribution in [0.5, 0.6) is 0 Å². The first-order chi connectivity index (χ1) is 10.1. The second-order valence-electron chi connectivity index (χ2n) is 3.97. The van der Waals surface area contributed by atoms with Crippen molar-refractivity contribution in [3.63, 3.8) is 0 Å². The number of nitrogens with two attached hydrogens (primary N) is 1. The van der Waals surface area contributed by atoms with E-state index in [1.165, 1.54) is 29.5 Å². The minimum atomic E-state index is -1.26. The van der Waals surface area contributed by atoms with Crippen molar-refractivity contribution in [1.82, 2.24) is 4.98 Å². The smallest absolute Gasteiger partial charge is 0.331 e. The number of halogens is 1. The van der Waals surface area contributed by atoms with Crippen molar-refractivity contribution < 1.29 is 18.7 Å². The maximum absolute atomic E-state index is 12.9. The molecule has 2 rings (SSSR count). The van der Waals surface area contributed by atoms with Gasteiger partial charge in [0.25, 0.3) is 5.91 Å². The third kappa shape index (κ3) is 4.22. The number of benzene rings is 1. The zero-order valence-electron chi connectivity index (χ0n) is 10.7. The number of aromatic nitrogens is 1. The van der Waals surface area contributed by atoms with Gasteiger partial charge in [-0.15, -0.1) is 11.3 Å². The molecule has 0 aliphatic rings. The largest absolute Gasteiger partial charge is 0.444 e. The highest BCUT2D eigenvalue weighted by Gasteiger charge is 2.21. The SMILES string of the molecule is NC(=O)C(OC(=O)/C=C/c1nccs1)c1ccc(F)cc1. The lowest BCUT2D eigenvalue weighted by Crippen LogP contribution is -2.25. The van der Waals surface area contributed by atoms with Gasteiger partial charge in [0.05, 0.1) is 0 Å². The molecule has 2 aromatic rings. The summed E-state index contributed by atoms with van der Waals surface area (Å²) < 4.78 is 17.8. The van der Waals surface area contributed by atoms with E-state index < -0.39 is 23.8 Å².